The van der Waals surface area contributed by atoms with Gasteiger partial charge in [0.1, 0.15) is 6.04 Å². The summed E-state index contributed by atoms with van der Waals surface area (Å²) in [6.07, 6.45) is 2.37. The number of amides is 1. The fourth-order valence-corrected chi connectivity index (χ4v) is 14.0. The lowest BCUT2D eigenvalue weighted by atomic mass is 9.69. The van der Waals surface area contributed by atoms with Crippen LogP contribution in [0.2, 0.25) is 0 Å². The summed E-state index contributed by atoms with van der Waals surface area (Å²) < 4.78 is 45.8. The molecule has 0 N–H and O–H groups in total. The van der Waals surface area contributed by atoms with E-state index in [9.17, 15) is 23.3 Å². The summed E-state index contributed by atoms with van der Waals surface area (Å²) in [6.45, 7) is 4.27. The van der Waals surface area contributed by atoms with Crippen LogP contribution in [0.1, 0.15) is 44.7 Å². The Kier molecular flexibility index (Phi) is 5.95. The van der Waals surface area contributed by atoms with Gasteiger partial charge in [0, 0.05) is 28.2 Å². The third kappa shape index (κ3) is 3.61. The number of carbonyl (C=O) groups excluding carboxylic acids is 1. The number of benzene rings is 3. The van der Waals surface area contributed by atoms with Gasteiger partial charge in [-0.3, -0.25) is 19.5 Å². The Morgan fingerprint density at radius 1 is 0.952 bits per heavy atom. The van der Waals surface area contributed by atoms with Crippen LogP contribution in [0.15, 0.2) is 84.9 Å². The van der Waals surface area contributed by atoms with Crippen LogP contribution in [0.5, 0.6) is 0 Å². The summed E-state index contributed by atoms with van der Waals surface area (Å²) in [5, 5.41) is 12.4. The maximum atomic E-state index is 15.4. The van der Waals surface area contributed by atoms with Gasteiger partial charge in [-0.25, -0.2) is 17.4 Å². The van der Waals surface area contributed by atoms with E-state index < -0.39 is 51.7 Å². The first-order chi connectivity index (χ1) is 19.9. The molecule has 0 radical (unpaired) electrons. The van der Waals surface area contributed by atoms with Gasteiger partial charge in [0.05, 0.1) is 22.8 Å². The van der Waals surface area contributed by atoms with Gasteiger partial charge < -0.3 is 0 Å². The number of hydrogen-bond acceptors (Lipinski definition) is 6. The summed E-state index contributed by atoms with van der Waals surface area (Å²) in [7, 11) is -7.55. The second kappa shape index (κ2) is 9.09. The molecule has 1 unspecified atom stereocenters. The van der Waals surface area contributed by atoms with Crippen molar-refractivity contribution in [3.63, 3.8) is 0 Å². The monoisotopic (exact) mass is 605 g/mol. The molecule has 42 heavy (non-hydrogen) atoms. The Labute approximate surface area is 245 Å². The lowest BCUT2D eigenvalue weighted by Gasteiger charge is -2.37. The van der Waals surface area contributed by atoms with E-state index in [2.05, 4.69) is 13.8 Å². The van der Waals surface area contributed by atoms with Gasteiger partial charge in [-0.2, -0.15) is 0 Å². The lowest BCUT2D eigenvalue weighted by molar-refractivity contribution is -0.384. The SMILES string of the molecule is CC1(C)[C@@H]2CC[C@]13CS(=O)(=O)N(C(=O)[C@H]1[C@@H](c4ccc([N+](=O)[O-])cc4)N1P(=O)(c1ccccc1)c1ccccc1)[C@@H]3C2. The molecular weight excluding hydrogens is 573 g/mol. The summed E-state index contributed by atoms with van der Waals surface area (Å²) in [4.78, 5) is 25.5. The van der Waals surface area contributed by atoms with E-state index in [4.69, 9.17) is 0 Å². The predicted octanol–water partition coefficient (Wildman–Crippen LogP) is 4.62. The van der Waals surface area contributed by atoms with Crippen molar-refractivity contribution in [2.24, 2.45) is 16.7 Å². The van der Waals surface area contributed by atoms with Crippen molar-refractivity contribution >= 4 is 39.5 Å². The fourth-order valence-electron chi connectivity index (χ4n) is 8.33. The molecule has 2 aliphatic carbocycles. The van der Waals surface area contributed by atoms with Crippen LogP contribution in [-0.4, -0.2) is 46.1 Å². The molecule has 9 nitrogen and oxygen atoms in total. The van der Waals surface area contributed by atoms with Crippen LogP contribution in [-0.2, 0) is 19.4 Å². The zero-order valence-electron chi connectivity index (χ0n) is 23.4. The Morgan fingerprint density at radius 2 is 1.52 bits per heavy atom. The number of rotatable bonds is 6. The number of nitro groups is 1. The molecule has 2 aliphatic heterocycles. The van der Waals surface area contributed by atoms with Crippen LogP contribution in [0.25, 0.3) is 0 Å². The highest BCUT2D eigenvalue weighted by atomic mass is 32.2. The molecule has 1 spiro atoms. The van der Waals surface area contributed by atoms with Gasteiger partial charge in [-0.05, 0) is 60.4 Å². The summed E-state index contributed by atoms with van der Waals surface area (Å²) in [5.41, 5.74) is -0.219. The van der Waals surface area contributed by atoms with Gasteiger partial charge in [0.25, 0.3) is 11.6 Å². The second-order valence-corrected chi connectivity index (χ2v) is 17.1. The Bertz CT molecular complexity index is 1700. The van der Waals surface area contributed by atoms with Gasteiger partial charge in [0.15, 0.2) is 0 Å². The molecule has 3 aromatic carbocycles. The predicted molar refractivity (Wildman–Crippen MR) is 159 cm³/mol. The summed E-state index contributed by atoms with van der Waals surface area (Å²) in [5.74, 6) is -0.270. The molecule has 7 rings (SSSR count). The molecule has 4 fully saturated rings. The average molecular weight is 606 g/mol. The van der Waals surface area contributed by atoms with Gasteiger partial charge in [-0.15, -0.1) is 0 Å². The minimum atomic E-state index is -3.91. The molecular formula is C31H32N3O6PS. The first-order valence-electron chi connectivity index (χ1n) is 14.2. The van der Waals surface area contributed by atoms with E-state index in [1.165, 1.54) is 12.1 Å². The Hall–Kier alpha value is -3.33. The average Bonchev–Trinajstić information content (AvgIpc) is 3.56. The number of sulfonamides is 1. The quantitative estimate of drug-likeness (QED) is 0.174. The number of hydrogen-bond donors (Lipinski definition) is 0. The third-order valence-corrected chi connectivity index (χ3v) is 15.7. The summed E-state index contributed by atoms with van der Waals surface area (Å²) >= 11 is 0. The highest BCUT2D eigenvalue weighted by Crippen LogP contribution is 2.71. The van der Waals surface area contributed by atoms with Gasteiger partial charge in [0.2, 0.25) is 17.3 Å². The highest BCUT2D eigenvalue weighted by Gasteiger charge is 2.74. The largest absolute Gasteiger partial charge is 0.296 e. The maximum Gasteiger partial charge on any atom is 0.269 e. The van der Waals surface area contributed by atoms with Crippen LogP contribution in [0.3, 0.4) is 0 Å². The zero-order valence-corrected chi connectivity index (χ0v) is 25.1. The van der Waals surface area contributed by atoms with Crippen molar-refractivity contribution in [1.82, 2.24) is 8.98 Å². The van der Waals surface area contributed by atoms with Crippen molar-refractivity contribution < 1.29 is 22.7 Å². The van der Waals surface area contributed by atoms with Crippen LogP contribution >= 0.6 is 7.29 Å². The van der Waals surface area contributed by atoms with Crippen molar-refractivity contribution in [2.75, 3.05) is 5.75 Å². The third-order valence-electron chi connectivity index (χ3n) is 10.6. The van der Waals surface area contributed by atoms with E-state index in [-0.39, 0.29) is 16.9 Å². The molecule has 4 aliphatic rings. The van der Waals surface area contributed by atoms with E-state index in [0.717, 1.165) is 17.1 Å². The molecule has 1 amide bonds. The first-order valence-corrected chi connectivity index (χ1v) is 17.5. The minimum Gasteiger partial charge on any atom is -0.296 e. The maximum absolute atomic E-state index is 15.4. The Morgan fingerprint density at radius 3 is 2.05 bits per heavy atom. The van der Waals surface area contributed by atoms with E-state index in [1.807, 2.05) is 12.1 Å². The van der Waals surface area contributed by atoms with E-state index >= 15 is 4.57 Å². The molecule has 2 bridgehead atoms. The molecule has 218 valence electrons. The standard InChI is InChI=1S/C31H32N3O6PS/c1-30(2)22-17-18-31(30)20-42(39,40)33(26(31)19-22)29(35)28-27(21-13-15-23(16-14-21)34(36)37)32(28)41(38,24-9-5-3-6-10-24)25-11-7-4-8-12-25/h3-16,22,26-28H,17-20H2,1-2H3/t22-,26-,27-,28-,31-,32?/m1/s1. The second-order valence-electron chi connectivity index (χ2n) is 12.6. The zero-order chi connectivity index (χ0) is 29.7. The number of non-ortho nitro benzene ring substituents is 1. The molecule has 0 aromatic heterocycles. The lowest BCUT2D eigenvalue weighted by Crippen LogP contribution is -2.46. The van der Waals surface area contributed by atoms with Crippen LogP contribution < -0.4 is 10.6 Å². The first kappa shape index (κ1) is 27.5. The molecule has 3 aromatic rings. The van der Waals surface area contributed by atoms with Crippen LogP contribution in [0.4, 0.5) is 5.69 Å². The minimum absolute atomic E-state index is 0.0517. The van der Waals surface area contributed by atoms with E-state index in [1.54, 1.807) is 65.3 Å². The number of nitrogens with zero attached hydrogens (tertiary/aromatic N) is 3. The summed E-state index contributed by atoms with van der Waals surface area (Å²) in [6, 6.07) is 21.6. The van der Waals surface area contributed by atoms with E-state index in [0.29, 0.717) is 28.5 Å². The smallest absolute Gasteiger partial charge is 0.269 e. The fraction of sp³-hybridized carbons (Fsp3) is 0.387. The topological polar surface area (TPSA) is 118 Å². The highest BCUT2D eigenvalue weighted by molar-refractivity contribution is 7.90. The molecule has 11 heteroatoms. The molecule has 2 saturated heterocycles. The van der Waals surface area contributed by atoms with Crippen molar-refractivity contribution in [3.8, 4) is 0 Å². The van der Waals surface area contributed by atoms with Crippen molar-refractivity contribution in [2.45, 2.75) is 51.2 Å². The number of nitro benzene ring substituents is 1. The van der Waals surface area contributed by atoms with Crippen molar-refractivity contribution in [3.05, 3.63) is 101 Å². The number of carbonyl (C=O) groups is 1. The number of fused-ring (bicyclic) bond motifs is 1. The molecule has 2 saturated carbocycles. The van der Waals surface area contributed by atoms with Crippen LogP contribution in [0, 0.1) is 26.9 Å². The molecule has 6 atom stereocenters. The van der Waals surface area contributed by atoms with Crippen molar-refractivity contribution in [1.29, 1.82) is 0 Å². The Balaban J connectivity index is 1.36. The van der Waals surface area contributed by atoms with Gasteiger partial charge >= 0.3 is 0 Å². The van der Waals surface area contributed by atoms with Gasteiger partial charge in [-0.1, -0.05) is 62.4 Å². The normalized spacial score (nSPS) is 32.0. The molecule has 2 heterocycles.